The molecule has 1 aliphatic carbocycles. The van der Waals surface area contributed by atoms with Gasteiger partial charge in [0.2, 0.25) is 0 Å². The van der Waals surface area contributed by atoms with E-state index in [0.29, 0.717) is 5.92 Å². The van der Waals surface area contributed by atoms with Crippen molar-refractivity contribution in [1.29, 1.82) is 5.41 Å². The van der Waals surface area contributed by atoms with Crippen LogP contribution in [0.5, 0.6) is 0 Å². The average Bonchev–Trinajstić information content (AvgIpc) is 1.95. The second-order valence-corrected chi connectivity index (χ2v) is 2.82. The van der Waals surface area contributed by atoms with Crippen LogP contribution in [0, 0.1) is 11.3 Å². The molecular formula is C9H13N. The zero-order chi connectivity index (χ0) is 7.56. The van der Waals surface area contributed by atoms with Gasteiger partial charge in [0.1, 0.15) is 0 Å². The summed E-state index contributed by atoms with van der Waals surface area (Å²) in [5.41, 5.74) is 2.43. The first-order valence-electron chi connectivity index (χ1n) is 3.63. The van der Waals surface area contributed by atoms with Crippen molar-refractivity contribution in [1.82, 2.24) is 0 Å². The number of hydrogen-bond donors (Lipinski definition) is 1. The van der Waals surface area contributed by atoms with Gasteiger partial charge in [-0.1, -0.05) is 24.6 Å². The van der Waals surface area contributed by atoms with Gasteiger partial charge in [0, 0.05) is 6.21 Å². The molecule has 0 spiro atoms. The minimum atomic E-state index is 0.626. The third-order valence-electron chi connectivity index (χ3n) is 2.14. The molecular weight excluding hydrogens is 122 g/mol. The molecule has 1 nitrogen and oxygen atoms in total. The van der Waals surface area contributed by atoms with Gasteiger partial charge >= 0.3 is 0 Å². The molecule has 1 aliphatic rings. The third-order valence-corrected chi connectivity index (χ3v) is 2.14. The number of allylic oxidation sites excluding steroid dienone is 4. The van der Waals surface area contributed by atoms with E-state index in [0.717, 1.165) is 12.0 Å². The summed E-state index contributed by atoms with van der Waals surface area (Å²) >= 11 is 0. The van der Waals surface area contributed by atoms with Crippen LogP contribution in [0.25, 0.3) is 0 Å². The Balaban J connectivity index is 2.92. The van der Waals surface area contributed by atoms with Gasteiger partial charge < -0.3 is 5.41 Å². The second-order valence-electron chi connectivity index (χ2n) is 2.82. The van der Waals surface area contributed by atoms with Crippen LogP contribution in [0.15, 0.2) is 23.3 Å². The highest BCUT2D eigenvalue weighted by Crippen LogP contribution is 2.22. The maximum Gasteiger partial charge on any atom is 0.0249 e. The molecule has 0 radical (unpaired) electrons. The molecule has 54 valence electrons. The zero-order valence-corrected chi connectivity index (χ0v) is 6.52. The first-order valence-corrected chi connectivity index (χ1v) is 3.63. The highest BCUT2D eigenvalue weighted by Gasteiger charge is 2.08. The highest BCUT2D eigenvalue weighted by molar-refractivity contribution is 5.81. The minimum Gasteiger partial charge on any atom is -0.308 e. The smallest absolute Gasteiger partial charge is 0.0249 e. The number of rotatable bonds is 1. The van der Waals surface area contributed by atoms with Crippen molar-refractivity contribution in [2.75, 3.05) is 0 Å². The largest absolute Gasteiger partial charge is 0.308 e. The summed E-state index contributed by atoms with van der Waals surface area (Å²) < 4.78 is 0. The van der Waals surface area contributed by atoms with E-state index >= 15 is 0 Å². The molecule has 0 bridgehead atoms. The van der Waals surface area contributed by atoms with E-state index < -0.39 is 0 Å². The summed E-state index contributed by atoms with van der Waals surface area (Å²) in [6.45, 7) is 4.30. The van der Waals surface area contributed by atoms with Crippen LogP contribution in [0.3, 0.4) is 0 Å². The predicted molar refractivity (Wildman–Crippen MR) is 44.4 cm³/mol. The Bertz CT molecular complexity index is 199. The molecule has 0 fully saturated rings. The Hall–Kier alpha value is -0.850. The minimum absolute atomic E-state index is 0.626. The Labute approximate surface area is 62.0 Å². The van der Waals surface area contributed by atoms with E-state index in [1.54, 1.807) is 0 Å². The summed E-state index contributed by atoms with van der Waals surface area (Å²) in [6, 6.07) is 0. The molecule has 0 heterocycles. The van der Waals surface area contributed by atoms with Gasteiger partial charge in [0.15, 0.2) is 0 Å². The van der Waals surface area contributed by atoms with E-state index in [4.69, 9.17) is 5.41 Å². The van der Waals surface area contributed by atoms with E-state index in [1.165, 1.54) is 11.8 Å². The van der Waals surface area contributed by atoms with Crippen molar-refractivity contribution in [3.05, 3.63) is 23.3 Å². The SMILES string of the molecule is CC1=C(C=N)C=CC[C@@H]1C. The zero-order valence-electron chi connectivity index (χ0n) is 6.52. The lowest BCUT2D eigenvalue weighted by atomic mass is 9.90. The Morgan fingerprint density at radius 3 is 2.90 bits per heavy atom. The van der Waals surface area contributed by atoms with Crippen molar-refractivity contribution in [3.8, 4) is 0 Å². The van der Waals surface area contributed by atoms with E-state index in [1.807, 2.05) is 6.08 Å². The molecule has 0 aromatic rings. The summed E-state index contributed by atoms with van der Waals surface area (Å²) in [6.07, 6.45) is 6.73. The lowest BCUT2D eigenvalue weighted by Gasteiger charge is -2.15. The van der Waals surface area contributed by atoms with Gasteiger partial charge in [-0.15, -0.1) is 0 Å². The van der Waals surface area contributed by atoms with Crippen LogP contribution in [-0.2, 0) is 0 Å². The summed E-state index contributed by atoms with van der Waals surface area (Å²) in [7, 11) is 0. The van der Waals surface area contributed by atoms with Crippen molar-refractivity contribution >= 4 is 6.21 Å². The monoisotopic (exact) mass is 135 g/mol. The van der Waals surface area contributed by atoms with Crippen molar-refractivity contribution in [2.24, 2.45) is 5.92 Å². The molecule has 0 unspecified atom stereocenters. The number of hydrogen-bond acceptors (Lipinski definition) is 1. The molecule has 1 atom stereocenters. The maximum atomic E-state index is 7.08. The second kappa shape index (κ2) is 2.82. The van der Waals surface area contributed by atoms with Gasteiger partial charge in [0.05, 0.1) is 0 Å². The van der Waals surface area contributed by atoms with E-state index in [-0.39, 0.29) is 0 Å². The first-order chi connectivity index (χ1) is 4.75. The molecule has 1 N–H and O–H groups in total. The maximum absolute atomic E-state index is 7.08. The molecule has 0 aromatic carbocycles. The molecule has 0 amide bonds. The Morgan fingerprint density at radius 2 is 2.40 bits per heavy atom. The molecule has 0 saturated carbocycles. The summed E-state index contributed by atoms with van der Waals surface area (Å²) in [4.78, 5) is 0. The van der Waals surface area contributed by atoms with Crippen LogP contribution < -0.4 is 0 Å². The Morgan fingerprint density at radius 1 is 1.70 bits per heavy atom. The highest BCUT2D eigenvalue weighted by atomic mass is 14.3. The quantitative estimate of drug-likeness (QED) is 0.534. The fourth-order valence-electron chi connectivity index (χ4n) is 1.15. The van der Waals surface area contributed by atoms with Crippen LogP contribution in [0.2, 0.25) is 0 Å². The summed E-state index contributed by atoms with van der Waals surface area (Å²) in [5.74, 6) is 0.626. The van der Waals surface area contributed by atoms with E-state index in [2.05, 4.69) is 19.9 Å². The molecule has 0 aromatic heterocycles. The normalized spacial score (nSPS) is 25.2. The lowest BCUT2D eigenvalue weighted by Crippen LogP contribution is -2.02. The summed E-state index contributed by atoms with van der Waals surface area (Å²) in [5, 5.41) is 7.08. The molecule has 1 rings (SSSR count). The standard InChI is InChI=1S/C9H13N/c1-7-4-3-5-9(6-10)8(7)2/h3,5-7,10H,4H2,1-2H3/t7-/m0/s1. The van der Waals surface area contributed by atoms with Gasteiger partial charge in [-0.2, -0.15) is 0 Å². The van der Waals surface area contributed by atoms with E-state index in [9.17, 15) is 0 Å². The fraction of sp³-hybridized carbons (Fsp3) is 0.444. The van der Waals surface area contributed by atoms with Gasteiger partial charge in [-0.3, -0.25) is 0 Å². The van der Waals surface area contributed by atoms with Crippen molar-refractivity contribution < 1.29 is 0 Å². The van der Waals surface area contributed by atoms with Gasteiger partial charge in [0.25, 0.3) is 0 Å². The number of nitrogens with one attached hydrogen (secondary N) is 1. The lowest BCUT2D eigenvalue weighted by molar-refractivity contribution is 0.683. The molecule has 0 aliphatic heterocycles. The first kappa shape index (κ1) is 7.26. The van der Waals surface area contributed by atoms with Crippen LogP contribution >= 0.6 is 0 Å². The van der Waals surface area contributed by atoms with Crippen LogP contribution in [0.1, 0.15) is 20.3 Å². The average molecular weight is 135 g/mol. The fourth-order valence-corrected chi connectivity index (χ4v) is 1.15. The van der Waals surface area contributed by atoms with Crippen molar-refractivity contribution in [2.45, 2.75) is 20.3 Å². The molecule has 1 heteroatoms. The van der Waals surface area contributed by atoms with Crippen LogP contribution in [-0.4, -0.2) is 6.21 Å². The molecule has 10 heavy (non-hydrogen) atoms. The predicted octanol–water partition coefficient (Wildman–Crippen LogP) is 2.55. The Kier molecular flexibility index (Phi) is 2.05. The van der Waals surface area contributed by atoms with Crippen molar-refractivity contribution in [3.63, 3.8) is 0 Å². The third kappa shape index (κ3) is 1.18. The van der Waals surface area contributed by atoms with Gasteiger partial charge in [-0.25, -0.2) is 0 Å². The van der Waals surface area contributed by atoms with Crippen LogP contribution in [0.4, 0.5) is 0 Å². The molecule has 0 saturated heterocycles. The van der Waals surface area contributed by atoms with Gasteiger partial charge in [-0.05, 0) is 24.8 Å². The topological polar surface area (TPSA) is 23.9 Å².